The highest BCUT2D eigenvalue weighted by Crippen LogP contribution is 2.40. The van der Waals surface area contributed by atoms with Crippen LogP contribution in [0.4, 0.5) is 26.1 Å². The first-order valence-electron chi connectivity index (χ1n) is 11.3. The van der Waals surface area contributed by atoms with Gasteiger partial charge in [0.2, 0.25) is 11.9 Å². The lowest BCUT2D eigenvalue weighted by atomic mass is 10.0. The summed E-state index contributed by atoms with van der Waals surface area (Å²) in [5.74, 6) is -4.25. The van der Waals surface area contributed by atoms with E-state index in [1.165, 1.54) is 37.6 Å². The Labute approximate surface area is 213 Å². The summed E-state index contributed by atoms with van der Waals surface area (Å²) in [7, 11) is 5.22. The number of carbonyl (C=O) groups is 1. The number of carbonyl (C=O) groups excluding carboxylic acids is 1. The molecule has 2 aromatic heterocycles. The number of pyridine rings is 1. The predicted octanol–water partition coefficient (Wildman–Crippen LogP) is 5.10. The molecule has 0 aliphatic heterocycles. The average molecular weight is 505 g/mol. The van der Waals surface area contributed by atoms with Crippen molar-refractivity contribution in [2.24, 2.45) is 0 Å². The SMILES string of the molecule is C=CC(=O)Nc1cccc(C(F)(F)c2nc(Nc3ccc4nc(CN(C)C)ccc4c3)ncc2OC)c1. The third kappa shape index (κ3) is 5.87. The number of anilines is 3. The van der Waals surface area contributed by atoms with Gasteiger partial charge in [-0.25, -0.2) is 9.97 Å². The molecule has 0 saturated carbocycles. The molecule has 4 rings (SSSR count). The molecular formula is C27H26F2N6O2. The zero-order valence-electron chi connectivity index (χ0n) is 20.6. The van der Waals surface area contributed by atoms with Crippen LogP contribution in [0.3, 0.4) is 0 Å². The maximum absolute atomic E-state index is 15.6. The molecule has 0 bridgehead atoms. The van der Waals surface area contributed by atoms with Crippen molar-refractivity contribution in [3.63, 3.8) is 0 Å². The van der Waals surface area contributed by atoms with Crippen molar-refractivity contribution in [3.05, 3.63) is 90.4 Å². The first-order valence-corrected chi connectivity index (χ1v) is 11.3. The monoisotopic (exact) mass is 504 g/mol. The summed E-state index contributed by atoms with van der Waals surface area (Å²) in [6.45, 7) is 4.09. The third-order valence-corrected chi connectivity index (χ3v) is 5.43. The molecule has 0 spiro atoms. The van der Waals surface area contributed by atoms with Crippen molar-refractivity contribution in [3.8, 4) is 5.75 Å². The molecular weight excluding hydrogens is 478 g/mol. The topological polar surface area (TPSA) is 92.3 Å². The van der Waals surface area contributed by atoms with Gasteiger partial charge in [0, 0.05) is 28.9 Å². The van der Waals surface area contributed by atoms with E-state index in [-0.39, 0.29) is 22.9 Å². The lowest BCUT2D eigenvalue weighted by molar-refractivity contribution is -0.111. The zero-order chi connectivity index (χ0) is 26.6. The molecule has 1 amide bonds. The Balaban J connectivity index is 1.64. The van der Waals surface area contributed by atoms with Crippen LogP contribution in [-0.2, 0) is 17.3 Å². The smallest absolute Gasteiger partial charge is 0.318 e. The minimum Gasteiger partial charge on any atom is -0.493 e. The number of alkyl halides is 2. The first kappa shape index (κ1) is 25.6. The van der Waals surface area contributed by atoms with Gasteiger partial charge in [0.1, 0.15) is 0 Å². The number of hydrogen-bond donors (Lipinski definition) is 2. The number of methoxy groups -OCH3 is 1. The van der Waals surface area contributed by atoms with E-state index in [9.17, 15) is 4.79 Å². The number of nitrogens with one attached hydrogen (secondary N) is 2. The highest BCUT2D eigenvalue weighted by molar-refractivity contribution is 5.98. The van der Waals surface area contributed by atoms with E-state index < -0.39 is 17.5 Å². The Hall–Kier alpha value is -4.44. The van der Waals surface area contributed by atoms with Crippen molar-refractivity contribution >= 4 is 34.1 Å². The van der Waals surface area contributed by atoms with Gasteiger partial charge >= 0.3 is 5.92 Å². The second-order valence-electron chi connectivity index (χ2n) is 8.53. The summed E-state index contributed by atoms with van der Waals surface area (Å²) in [6, 6.07) is 14.7. The fourth-order valence-electron chi connectivity index (χ4n) is 3.71. The van der Waals surface area contributed by atoms with E-state index >= 15 is 8.78 Å². The normalized spacial score (nSPS) is 11.4. The predicted molar refractivity (Wildman–Crippen MR) is 139 cm³/mol. The number of amides is 1. The molecule has 10 heteroatoms. The lowest BCUT2D eigenvalue weighted by Gasteiger charge is -2.20. The van der Waals surface area contributed by atoms with E-state index in [0.717, 1.165) is 29.2 Å². The molecule has 8 nitrogen and oxygen atoms in total. The number of ether oxygens (including phenoxy) is 1. The summed E-state index contributed by atoms with van der Waals surface area (Å²) in [5.41, 5.74) is 1.58. The third-order valence-electron chi connectivity index (χ3n) is 5.43. The molecule has 0 radical (unpaired) electrons. The van der Waals surface area contributed by atoms with Gasteiger partial charge in [-0.2, -0.15) is 8.78 Å². The summed E-state index contributed by atoms with van der Waals surface area (Å²) in [5, 5.41) is 6.35. The largest absolute Gasteiger partial charge is 0.493 e. The van der Waals surface area contributed by atoms with Crippen LogP contribution in [0, 0.1) is 0 Å². The molecule has 0 atom stereocenters. The minimum absolute atomic E-state index is 0.0249. The van der Waals surface area contributed by atoms with Gasteiger partial charge in [0.15, 0.2) is 11.4 Å². The van der Waals surface area contributed by atoms with E-state index in [0.29, 0.717) is 5.69 Å². The van der Waals surface area contributed by atoms with Gasteiger partial charge in [-0.1, -0.05) is 24.8 Å². The molecule has 4 aromatic rings. The Morgan fingerprint density at radius 3 is 2.65 bits per heavy atom. The number of benzene rings is 2. The molecule has 37 heavy (non-hydrogen) atoms. The second kappa shape index (κ2) is 10.7. The fourth-order valence-corrected chi connectivity index (χ4v) is 3.71. The maximum atomic E-state index is 15.6. The zero-order valence-corrected chi connectivity index (χ0v) is 20.6. The first-order chi connectivity index (χ1) is 17.7. The van der Waals surface area contributed by atoms with Crippen molar-refractivity contribution in [1.29, 1.82) is 0 Å². The molecule has 0 unspecified atom stereocenters. The van der Waals surface area contributed by atoms with Crippen molar-refractivity contribution in [2.45, 2.75) is 12.5 Å². The summed E-state index contributed by atoms with van der Waals surface area (Å²) in [6.07, 6.45) is 2.25. The van der Waals surface area contributed by atoms with E-state index in [4.69, 9.17) is 4.74 Å². The van der Waals surface area contributed by atoms with E-state index in [2.05, 4.69) is 32.2 Å². The molecule has 2 heterocycles. The van der Waals surface area contributed by atoms with Crippen LogP contribution in [0.1, 0.15) is 17.0 Å². The van der Waals surface area contributed by atoms with Gasteiger partial charge in [-0.05, 0) is 56.6 Å². The van der Waals surface area contributed by atoms with Crippen molar-refractivity contribution < 1.29 is 18.3 Å². The second-order valence-corrected chi connectivity index (χ2v) is 8.53. The van der Waals surface area contributed by atoms with Crippen LogP contribution in [0.25, 0.3) is 10.9 Å². The fraction of sp³-hybridized carbons (Fsp3) is 0.185. The number of nitrogens with zero attached hydrogens (tertiary/aromatic N) is 4. The minimum atomic E-state index is -3.55. The number of halogens is 2. The molecule has 2 N–H and O–H groups in total. The van der Waals surface area contributed by atoms with Gasteiger partial charge < -0.3 is 20.3 Å². The van der Waals surface area contributed by atoms with Crippen LogP contribution in [-0.4, -0.2) is 47.0 Å². The lowest BCUT2D eigenvalue weighted by Crippen LogP contribution is -2.20. The van der Waals surface area contributed by atoms with Crippen LogP contribution < -0.4 is 15.4 Å². The summed E-state index contributed by atoms with van der Waals surface area (Å²) in [4.78, 5) is 26.5. The Morgan fingerprint density at radius 2 is 1.92 bits per heavy atom. The molecule has 0 saturated heterocycles. The molecule has 0 aliphatic carbocycles. The number of fused-ring (bicyclic) bond motifs is 1. The average Bonchev–Trinajstić information content (AvgIpc) is 2.88. The summed E-state index contributed by atoms with van der Waals surface area (Å²) < 4.78 is 36.4. The Bertz CT molecular complexity index is 1460. The van der Waals surface area contributed by atoms with Crippen LogP contribution in [0.2, 0.25) is 0 Å². The van der Waals surface area contributed by atoms with Crippen LogP contribution in [0.15, 0.2) is 73.4 Å². The van der Waals surface area contributed by atoms with Crippen LogP contribution in [0.5, 0.6) is 5.75 Å². The van der Waals surface area contributed by atoms with Crippen molar-refractivity contribution in [2.75, 3.05) is 31.8 Å². The highest BCUT2D eigenvalue weighted by atomic mass is 19.3. The van der Waals surface area contributed by atoms with Gasteiger partial charge in [0.05, 0.1) is 24.5 Å². The number of rotatable bonds is 9. The van der Waals surface area contributed by atoms with E-state index in [1.54, 1.807) is 6.07 Å². The highest BCUT2D eigenvalue weighted by Gasteiger charge is 2.39. The number of hydrogen-bond acceptors (Lipinski definition) is 7. The molecule has 0 fully saturated rings. The standard InChI is InChI=1S/C27H26F2N6O2/c1-5-24(36)32-19-8-6-7-18(14-19)27(28,29)25-23(37-4)15-30-26(34-25)33-20-11-12-22-17(13-20)9-10-21(31-22)16-35(2)3/h5-15H,1,16H2,2-4H3,(H,32,36)(H,30,33,34). The molecule has 190 valence electrons. The Morgan fingerprint density at radius 1 is 1.11 bits per heavy atom. The Kier molecular flexibility index (Phi) is 7.40. The summed E-state index contributed by atoms with van der Waals surface area (Å²) >= 11 is 0. The molecule has 0 aliphatic rings. The molecule has 2 aromatic carbocycles. The van der Waals surface area contributed by atoms with Gasteiger partial charge in [-0.3, -0.25) is 9.78 Å². The quantitative estimate of drug-likeness (QED) is 0.306. The van der Waals surface area contributed by atoms with Crippen LogP contribution >= 0.6 is 0 Å². The van der Waals surface area contributed by atoms with Gasteiger partial charge in [-0.15, -0.1) is 0 Å². The van der Waals surface area contributed by atoms with E-state index in [1.807, 2.05) is 43.3 Å². The number of aromatic nitrogens is 3. The van der Waals surface area contributed by atoms with Gasteiger partial charge in [0.25, 0.3) is 0 Å². The maximum Gasteiger partial charge on any atom is 0.318 e. The van der Waals surface area contributed by atoms with Crippen molar-refractivity contribution in [1.82, 2.24) is 19.9 Å².